The van der Waals surface area contributed by atoms with Gasteiger partial charge >= 0.3 is 0 Å². The molecule has 0 amide bonds. The van der Waals surface area contributed by atoms with Gasteiger partial charge in [0.25, 0.3) is 0 Å². The molecule has 0 aromatic rings. The van der Waals surface area contributed by atoms with Gasteiger partial charge in [-0.15, -0.1) is 0 Å². The minimum absolute atomic E-state index is 0.462. The zero-order valence-electron chi connectivity index (χ0n) is 9.74. The fraction of sp³-hybridized carbons (Fsp3) is 0.846. The van der Waals surface area contributed by atoms with E-state index >= 15 is 0 Å². The van der Waals surface area contributed by atoms with Crippen LogP contribution in [0.15, 0.2) is 12.2 Å². The van der Waals surface area contributed by atoms with Gasteiger partial charge in [0, 0.05) is 13.2 Å². The van der Waals surface area contributed by atoms with Crippen molar-refractivity contribution in [2.75, 3.05) is 13.7 Å². The molecular formula is C13H23NO. The van der Waals surface area contributed by atoms with Gasteiger partial charge in [-0.05, 0) is 51.0 Å². The fourth-order valence-corrected chi connectivity index (χ4v) is 2.80. The van der Waals surface area contributed by atoms with Crippen LogP contribution < -0.4 is 5.32 Å². The summed E-state index contributed by atoms with van der Waals surface area (Å²) in [6.45, 7) is 1.18. The Bertz CT molecular complexity index is 215. The van der Waals surface area contributed by atoms with Crippen molar-refractivity contribution in [3.8, 4) is 0 Å². The van der Waals surface area contributed by atoms with E-state index in [2.05, 4.69) is 17.5 Å². The number of hydrogen-bond donors (Lipinski definition) is 1. The molecule has 3 unspecified atom stereocenters. The average Bonchev–Trinajstić information content (AvgIpc) is 2.75. The maximum absolute atomic E-state index is 5.49. The van der Waals surface area contributed by atoms with E-state index in [1.54, 1.807) is 0 Å². The van der Waals surface area contributed by atoms with E-state index < -0.39 is 0 Å². The van der Waals surface area contributed by atoms with Crippen LogP contribution in [0.5, 0.6) is 0 Å². The Morgan fingerprint density at radius 3 is 2.93 bits per heavy atom. The van der Waals surface area contributed by atoms with E-state index in [-0.39, 0.29) is 0 Å². The molecule has 0 heterocycles. The number of allylic oxidation sites excluding steroid dienone is 2. The first kappa shape index (κ1) is 11.2. The van der Waals surface area contributed by atoms with Gasteiger partial charge in [-0.1, -0.05) is 12.2 Å². The first-order valence-corrected chi connectivity index (χ1v) is 6.31. The summed E-state index contributed by atoms with van der Waals surface area (Å²) in [5, 5.41) is 3.69. The summed E-state index contributed by atoms with van der Waals surface area (Å²) in [5.41, 5.74) is 0. The summed E-state index contributed by atoms with van der Waals surface area (Å²) < 4.78 is 5.49. The Hall–Kier alpha value is -0.340. The van der Waals surface area contributed by atoms with Crippen molar-refractivity contribution in [1.29, 1.82) is 0 Å². The third-order valence-electron chi connectivity index (χ3n) is 3.80. The van der Waals surface area contributed by atoms with Gasteiger partial charge in [0.2, 0.25) is 0 Å². The van der Waals surface area contributed by atoms with Crippen molar-refractivity contribution in [3.05, 3.63) is 12.2 Å². The van der Waals surface area contributed by atoms with Crippen molar-refractivity contribution in [2.24, 2.45) is 5.92 Å². The van der Waals surface area contributed by atoms with Crippen LogP contribution in [0.4, 0.5) is 0 Å². The molecule has 15 heavy (non-hydrogen) atoms. The highest BCUT2D eigenvalue weighted by Crippen LogP contribution is 2.23. The minimum Gasteiger partial charge on any atom is -0.380 e. The highest BCUT2D eigenvalue weighted by Gasteiger charge is 2.27. The highest BCUT2D eigenvalue weighted by molar-refractivity contribution is 4.92. The number of nitrogens with one attached hydrogen (secondary N) is 1. The summed E-state index contributed by atoms with van der Waals surface area (Å²) in [5.74, 6) is 0.855. The second-order valence-corrected chi connectivity index (χ2v) is 4.87. The molecule has 2 nitrogen and oxygen atoms in total. The molecule has 0 aromatic carbocycles. The normalized spacial score (nSPS) is 35.9. The standard InChI is InChI=1S/C13H23NO/c1-15-13-9-5-8-12(13)14-10-11-6-3-2-4-7-11/h2-3,11-14H,4-10H2,1H3. The predicted octanol–water partition coefficient (Wildman–Crippen LogP) is 2.50. The summed E-state index contributed by atoms with van der Waals surface area (Å²) in [4.78, 5) is 0. The van der Waals surface area contributed by atoms with Crippen molar-refractivity contribution >= 4 is 0 Å². The second kappa shape index (κ2) is 5.66. The van der Waals surface area contributed by atoms with Crippen LogP contribution in [0, 0.1) is 5.92 Å². The number of methoxy groups -OCH3 is 1. The molecule has 0 aliphatic heterocycles. The molecule has 1 saturated carbocycles. The van der Waals surface area contributed by atoms with Crippen LogP contribution in [0.1, 0.15) is 38.5 Å². The zero-order chi connectivity index (χ0) is 10.5. The third-order valence-corrected chi connectivity index (χ3v) is 3.80. The maximum Gasteiger partial charge on any atom is 0.0724 e. The topological polar surface area (TPSA) is 21.3 Å². The molecule has 0 aromatic heterocycles. The molecule has 2 heteroatoms. The van der Waals surface area contributed by atoms with Gasteiger partial charge in [-0.25, -0.2) is 0 Å². The Balaban J connectivity index is 1.70. The van der Waals surface area contributed by atoms with Crippen LogP contribution in [-0.4, -0.2) is 25.8 Å². The largest absolute Gasteiger partial charge is 0.380 e. The first-order chi connectivity index (χ1) is 7.40. The molecule has 2 aliphatic rings. The number of rotatable bonds is 4. The van der Waals surface area contributed by atoms with Crippen LogP contribution in [0.3, 0.4) is 0 Å². The van der Waals surface area contributed by atoms with Crippen LogP contribution in [0.2, 0.25) is 0 Å². The summed E-state index contributed by atoms with van der Waals surface area (Å²) in [6.07, 6.45) is 12.8. The molecule has 1 fully saturated rings. The Morgan fingerprint density at radius 1 is 1.27 bits per heavy atom. The molecule has 1 N–H and O–H groups in total. The van der Waals surface area contributed by atoms with Crippen molar-refractivity contribution < 1.29 is 4.74 Å². The lowest BCUT2D eigenvalue weighted by atomic mass is 9.94. The third kappa shape index (κ3) is 3.05. The van der Waals surface area contributed by atoms with Gasteiger partial charge in [-0.3, -0.25) is 0 Å². The highest BCUT2D eigenvalue weighted by atomic mass is 16.5. The molecule has 0 spiro atoms. The zero-order valence-corrected chi connectivity index (χ0v) is 9.74. The second-order valence-electron chi connectivity index (χ2n) is 4.87. The van der Waals surface area contributed by atoms with Gasteiger partial charge < -0.3 is 10.1 Å². The lowest BCUT2D eigenvalue weighted by molar-refractivity contribution is 0.0837. The van der Waals surface area contributed by atoms with Crippen LogP contribution >= 0.6 is 0 Å². The van der Waals surface area contributed by atoms with E-state index in [4.69, 9.17) is 4.74 Å². The van der Waals surface area contributed by atoms with E-state index in [0.717, 1.165) is 5.92 Å². The molecule has 2 rings (SSSR count). The van der Waals surface area contributed by atoms with Gasteiger partial charge in [0.15, 0.2) is 0 Å². The molecule has 2 aliphatic carbocycles. The summed E-state index contributed by atoms with van der Waals surface area (Å²) in [6, 6.07) is 0.612. The lowest BCUT2D eigenvalue weighted by Crippen LogP contribution is -2.39. The number of hydrogen-bond acceptors (Lipinski definition) is 2. The predicted molar refractivity (Wildman–Crippen MR) is 62.9 cm³/mol. The monoisotopic (exact) mass is 209 g/mol. The smallest absolute Gasteiger partial charge is 0.0724 e. The van der Waals surface area contributed by atoms with Gasteiger partial charge in [-0.2, -0.15) is 0 Å². The van der Waals surface area contributed by atoms with Crippen molar-refractivity contribution in [3.63, 3.8) is 0 Å². The molecule has 0 radical (unpaired) electrons. The van der Waals surface area contributed by atoms with E-state index in [1.165, 1.54) is 45.1 Å². The molecule has 0 saturated heterocycles. The molecule has 86 valence electrons. The molecule has 3 atom stereocenters. The first-order valence-electron chi connectivity index (χ1n) is 6.31. The van der Waals surface area contributed by atoms with Crippen molar-refractivity contribution in [2.45, 2.75) is 50.7 Å². The molecule has 0 bridgehead atoms. The van der Waals surface area contributed by atoms with Gasteiger partial charge in [0.1, 0.15) is 0 Å². The quantitative estimate of drug-likeness (QED) is 0.718. The Kier molecular flexibility index (Phi) is 4.21. The SMILES string of the molecule is COC1CCCC1NCC1CC=CCC1. The maximum atomic E-state index is 5.49. The molecular weight excluding hydrogens is 186 g/mol. The average molecular weight is 209 g/mol. The van der Waals surface area contributed by atoms with Crippen LogP contribution in [0.25, 0.3) is 0 Å². The minimum atomic E-state index is 0.462. The Morgan fingerprint density at radius 2 is 2.20 bits per heavy atom. The Labute approximate surface area is 93.1 Å². The van der Waals surface area contributed by atoms with E-state index in [1.807, 2.05) is 7.11 Å². The van der Waals surface area contributed by atoms with Crippen molar-refractivity contribution in [1.82, 2.24) is 5.32 Å². The van der Waals surface area contributed by atoms with Gasteiger partial charge in [0.05, 0.1) is 6.10 Å². The summed E-state index contributed by atoms with van der Waals surface area (Å²) >= 11 is 0. The van der Waals surface area contributed by atoms with E-state index in [0.29, 0.717) is 12.1 Å². The fourth-order valence-electron chi connectivity index (χ4n) is 2.80. The summed E-state index contributed by atoms with van der Waals surface area (Å²) in [7, 11) is 1.84. The van der Waals surface area contributed by atoms with E-state index in [9.17, 15) is 0 Å². The number of ether oxygens (including phenoxy) is 1. The lowest BCUT2D eigenvalue weighted by Gasteiger charge is -2.24. The van der Waals surface area contributed by atoms with Crippen LogP contribution in [-0.2, 0) is 4.74 Å².